The maximum Gasteiger partial charge on any atom is 0.219 e. The third-order valence-corrected chi connectivity index (χ3v) is 5.48. The Bertz CT molecular complexity index is 1100. The molecule has 0 aromatic carbocycles. The van der Waals surface area contributed by atoms with E-state index in [9.17, 15) is 0 Å². The van der Waals surface area contributed by atoms with Gasteiger partial charge in [-0.05, 0) is 25.0 Å². The van der Waals surface area contributed by atoms with Crippen LogP contribution in [0, 0.1) is 12.8 Å². The van der Waals surface area contributed by atoms with Gasteiger partial charge in [0, 0.05) is 48.8 Å². The second kappa shape index (κ2) is 7.31. The first-order chi connectivity index (χ1) is 14.2. The summed E-state index contributed by atoms with van der Waals surface area (Å²) in [6.45, 7) is 3.55. The molecule has 0 radical (unpaired) electrons. The van der Waals surface area contributed by atoms with E-state index in [-0.39, 0.29) is 0 Å². The van der Waals surface area contributed by atoms with Crippen molar-refractivity contribution in [2.24, 2.45) is 5.92 Å². The molecular weight excluding hydrogens is 364 g/mol. The maximum absolute atomic E-state index is 6.05. The lowest BCUT2D eigenvalue weighted by Crippen LogP contribution is -2.16. The van der Waals surface area contributed by atoms with E-state index in [2.05, 4.69) is 56.4 Å². The van der Waals surface area contributed by atoms with Gasteiger partial charge in [-0.15, -0.1) is 0 Å². The molecule has 2 unspecified atom stereocenters. The number of anilines is 1. The minimum absolute atomic E-state index is 0.497. The first kappa shape index (κ1) is 17.8. The molecule has 5 rings (SSSR count). The molecular formula is C22H25N6O+. The van der Waals surface area contributed by atoms with Crippen LogP contribution in [0.5, 0.6) is 5.88 Å². The van der Waals surface area contributed by atoms with Crippen LogP contribution in [0.15, 0.2) is 48.4 Å². The first-order valence-corrected chi connectivity index (χ1v) is 10.1. The Kier molecular flexibility index (Phi) is 4.50. The smallest absolute Gasteiger partial charge is 0.219 e. The topological polar surface area (TPSA) is 67.3 Å². The first-order valence-electron chi connectivity index (χ1n) is 10.1. The quantitative estimate of drug-likeness (QED) is 0.600. The second-order valence-electron chi connectivity index (χ2n) is 7.93. The third-order valence-electron chi connectivity index (χ3n) is 5.48. The SMILES string of the molecule is Cc1ccc(C2CC2COc2cc(NCCC3=C[N+](C)=C3)n3nccc3n2)nc1. The normalized spacial score (nSPS) is 20.1. The van der Waals surface area contributed by atoms with Crippen LogP contribution in [-0.2, 0) is 0 Å². The lowest BCUT2D eigenvalue weighted by molar-refractivity contribution is -0.429. The van der Waals surface area contributed by atoms with Gasteiger partial charge in [0.2, 0.25) is 5.88 Å². The van der Waals surface area contributed by atoms with Crippen molar-refractivity contribution in [2.75, 3.05) is 25.5 Å². The highest BCUT2D eigenvalue weighted by atomic mass is 16.5. The van der Waals surface area contributed by atoms with E-state index in [0.717, 1.165) is 30.9 Å². The van der Waals surface area contributed by atoms with E-state index in [0.29, 0.717) is 24.3 Å². The van der Waals surface area contributed by atoms with Gasteiger partial charge in [-0.2, -0.15) is 14.6 Å². The monoisotopic (exact) mass is 389 g/mol. The molecule has 3 aromatic rings. The molecule has 0 saturated heterocycles. The highest BCUT2D eigenvalue weighted by Gasteiger charge is 2.40. The molecule has 148 valence electrons. The predicted molar refractivity (Wildman–Crippen MR) is 112 cm³/mol. The van der Waals surface area contributed by atoms with Gasteiger partial charge in [-0.1, -0.05) is 6.07 Å². The summed E-state index contributed by atoms with van der Waals surface area (Å²) in [7, 11) is 2.04. The van der Waals surface area contributed by atoms with Crippen molar-refractivity contribution >= 4 is 17.7 Å². The number of hydrogen-bond acceptors (Lipinski definition) is 5. The number of pyridine rings is 1. The lowest BCUT2D eigenvalue weighted by atomic mass is 10.1. The number of nitrogens with one attached hydrogen (secondary N) is 1. The molecule has 1 aliphatic carbocycles. The van der Waals surface area contributed by atoms with Gasteiger partial charge in [-0.25, -0.2) is 4.58 Å². The Balaban J connectivity index is 1.21. The highest BCUT2D eigenvalue weighted by Crippen LogP contribution is 2.46. The number of aryl methyl sites for hydroxylation is 1. The van der Waals surface area contributed by atoms with E-state index in [1.165, 1.54) is 16.8 Å². The van der Waals surface area contributed by atoms with Crippen LogP contribution in [-0.4, -0.2) is 50.6 Å². The molecule has 29 heavy (non-hydrogen) atoms. The average Bonchev–Trinajstić information content (AvgIpc) is 3.31. The van der Waals surface area contributed by atoms with E-state index < -0.39 is 0 Å². The summed E-state index contributed by atoms with van der Waals surface area (Å²) in [6.07, 6.45) is 10.1. The third kappa shape index (κ3) is 3.85. The molecule has 7 nitrogen and oxygen atoms in total. The molecule has 1 fully saturated rings. The summed E-state index contributed by atoms with van der Waals surface area (Å²) in [5.74, 6) is 2.53. The summed E-state index contributed by atoms with van der Waals surface area (Å²) < 4.78 is 9.93. The van der Waals surface area contributed by atoms with Crippen LogP contribution in [0.3, 0.4) is 0 Å². The van der Waals surface area contributed by atoms with Crippen molar-refractivity contribution in [2.45, 2.75) is 25.7 Å². The zero-order chi connectivity index (χ0) is 19.8. The van der Waals surface area contributed by atoms with E-state index in [4.69, 9.17) is 4.74 Å². The Morgan fingerprint density at radius 1 is 1.31 bits per heavy atom. The fourth-order valence-electron chi connectivity index (χ4n) is 3.75. The van der Waals surface area contributed by atoms with Gasteiger partial charge in [0.1, 0.15) is 12.9 Å². The number of nitrogens with zero attached hydrogens (tertiary/aromatic N) is 5. The van der Waals surface area contributed by atoms with Crippen LogP contribution in [0.1, 0.15) is 30.0 Å². The minimum Gasteiger partial charge on any atom is -0.477 e. The zero-order valence-corrected chi connectivity index (χ0v) is 16.7. The van der Waals surface area contributed by atoms with Gasteiger partial charge in [0.05, 0.1) is 18.4 Å². The lowest BCUT2D eigenvalue weighted by Gasteiger charge is -2.12. The van der Waals surface area contributed by atoms with Gasteiger partial charge in [-0.3, -0.25) is 4.98 Å². The van der Waals surface area contributed by atoms with E-state index >= 15 is 0 Å². The molecule has 7 heteroatoms. The van der Waals surface area contributed by atoms with Gasteiger partial charge >= 0.3 is 0 Å². The zero-order valence-electron chi connectivity index (χ0n) is 16.7. The molecule has 4 heterocycles. The Hall–Kier alpha value is -3.22. The molecule has 0 bridgehead atoms. The molecule has 0 spiro atoms. The van der Waals surface area contributed by atoms with Crippen molar-refractivity contribution in [1.82, 2.24) is 19.6 Å². The Morgan fingerprint density at radius 3 is 3.00 bits per heavy atom. The molecule has 3 aromatic heterocycles. The van der Waals surface area contributed by atoms with Crippen LogP contribution >= 0.6 is 0 Å². The minimum atomic E-state index is 0.497. The Morgan fingerprint density at radius 2 is 2.21 bits per heavy atom. The summed E-state index contributed by atoms with van der Waals surface area (Å²) in [4.78, 5) is 9.14. The molecule has 2 atom stereocenters. The van der Waals surface area contributed by atoms with E-state index in [1.807, 2.05) is 29.9 Å². The van der Waals surface area contributed by atoms with Crippen LogP contribution < -0.4 is 10.1 Å². The summed E-state index contributed by atoms with van der Waals surface area (Å²) in [6, 6.07) is 8.09. The second-order valence-corrected chi connectivity index (χ2v) is 7.93. The largest absolute Gasteiger partial charge is 0.477 e. The van der Waals surface area contributed by atoms with Gasteiger partial charge < -0.3 is 10.1 Å². The molecule has 2 aliphatic rings. The summed E-state index contributed by atoms with van der Waals surface area (Å²) in [5, 5.41) is 7.83. The summed E-state index contributed by atoms with van der Waals surface area (Å²) in [5.41, 5.74) is 4.48. The van der Waals surface area contributed by atoms with Crippen molar-refractivity contribution in [1.29, 1.82) is 0 Å². The van der Waals surface area contributed by atoms with Crippen molar-refractivity contribution < 1.29 is 9.31 Å². The van der Waals surface area contributed by atoms with Gasteiger partial charge in [0.15, 0.2) is 18.1 Å². The van der Waals surface area contributed by atoms with Crippen LogP contribution in [0.4, 0.5) is 5.82 Å². The van der Waals surface area contributed by atoms with Crippen molar-refractivity contribution in [3.8, 4) is 5.88 Å². The number of aromatic nitrogens is 4. The van der Waals surface area contributed by atoms with Crippen LogP contribution in [0.25, 0.3) is 5.65 Å². The summed E-state index contributed by atoms with van der Waals surface area (Å²) >= 11 is 0. The average molecular weight is 389 g/mol. The number of ether oxygens (including phenoxy) is 1. The number of fused-ring (bicyclic) bond motifs is 1. The fraction of sp³-hybridized carbons (Fsp3) is 0.364. The molecule has 1 aliphatic heterocycles. The number of rotatable bonds is 8. The van der Waals surface area contributed by atoms with E-state index in [1.54, 1.807) is 6.20 Å². The van der Waals surface area contributed by atoms with Crippen molar-refractivity contribution in [3.63, 3.8) is 0 Å². The molecule has 1 N–H and O–H groups in total. The number of hydrogen-bond donors (Lipinski definition) is 1. The Labute approximate surface area is 169 Å². The molecule has 0 amide bonds. The van der Waals surface area contributed by atoms with Crippen molar-refractivity contribution in [3.05, 3.63) is 59.7 Å². The molecule has 1 saturated carbocycles. The maximum atomic E-state index is 6.05. The standard InChI is InChI=1S/C22H25N6O/c1-15-3-4-19(24-11-15)18-9-17(18)14-29-22-10-21(28-20(26-22)6-8-25-28)23-7-5-16-12-27(2)13-16/h3-4,6,8,10-13,17-18,23H,5,7,9,14H2,1-2H3/q+1. The predicted octanol–water partition coefficient (Wildman–Crippen LogP) is 3.03. The fourth-order valence-corrected chi connectivity index (χ4v) is 3.75. The van der Waals surface area contributed by atoms with Gasteiger partial charge in [0.25, 0.3) is 0 Å². The van der Waals surface area contributed by atoms with Crippen LogP contribution in [0.2, 0.25) is 0 Å². The highest BCUT2D eigenvalue weighted by molar-refractivity contribution is 5.77.